The zero-order valence-corrected chi connectivity index (χ0v) is 10.9. The zero-order chi connectivity index (χ0) is 13.8. The van der Waals surface area contributed by atoms with Crippen molar-refractivity contribution in [3.05, 3.63) is 47.8 Å². The standard InChI is InChI=1S/C14H16FN3O/c1-9(2)14-17-8-13(12(7-16)18-14)19-11-5-3-10(15)4-6-11/h3-6,8-9H,7,16H2,1-2H3. The lowest BCUT2D eigenvalue weighted by molar-refractivity contribution is 0.465. The Morgan fingerprint density at radius 1 is 1.26 bits per heavy atom. The third-order valence-corrected chi connectivity index (χ3v) is 2.60. The van der Waals surface area contributed by atoms with Crippen molar-refractivity contribution in [1.29, 1.82) is 0 Å². The molecule has 4 nitrogen and oxygen atoms in total. The van der Waals surface area contributed by atoms with E-state index in [2.05, 4.69) is 9.97 Å². The predicted molar refractivity (Wildman–Crippen MR) is 70.5 cm³/mol. The largest absolute Gasteiger partial charge is 0.454 e. The highest BCUT2D eigenvalue weighted by Crippen LogP contribution is 2.24. The Labute approximate surface area is 111 Å². The van der Waals surface area contributed by atoms with Gasteiger partial charge in [-0.2, -0.15) is 0 Å². The highest BCUT2D eigenvalue weighted by molar-refractivity contribution is 5.32. The molecule has 0 saturated heterocycles. The molecule has 1 aromatic carbocycles. The number of nitrogens with zero attached hydrogens (tertiary/aromatic N) is 2. The molecule has 1 aromatic heterocycles. The first-order valence-electron chi connectivity index (χ1n) is 6.09. The van der Waals surface area contributed by atoms with Crippen LogP contribution in [0.3, 0.4) is 0 Å². The summed E-state index contributed by atoms with van der Waals surface area (Å²) in [5.74, 6) is 1.67. The van der Waals surface area contributed by atoms with Crippen LogP contribution in [0.5, 0.6) is 11.5 Å². The summed E-state index contributed by atoms with van der Waals surface area (Å²) in [5, 5.41) is 0. The summed E-state index contributed by atoms with van der Waals surface area (Å²) in [5.41, 5.74) is 6.31. The van der Waals surface area contributed by atoms with E-state index in [1.807, 2.05) is 13.8 Å². The molecule has 0 atom stereocenters. The molecule has 0 spiro atoms. The predicted octanol–water partition coefficient (Wildman–Crippen LogP) is 2.99. The fourth-order valence-electron chi connectivity index (χ4n) is 1.56. The number of aromatic nitrogens is 2. The maximum atomic E-state index is 12.8. The van der Waals surface area contributed by atoms with Gasteiger partial charge in [-0.1, -0.05) is 13.8 Å². The van der Waals surface area contributed by atoms with Gasteiger partial charge >= 0.3 is 0 Å². The Morgan fingerprint density at radius 2 is 1.95 bits per heavy atom. The molecule has 0 aliphatic heterocycles. The summed E-state index contributed by atoms with van der Waals surface area (Å²) in [6.45, 7) is 4.28. The van der Waals surface area contributed by atoms with Crippen LogP contribution in [0.15, 0.2) is 30.5 Å². The molecular weight excluding hydrogens is 245 g/mol. The van der Waals surface area contributed by atoms with Gasteiger partial charge in [-0.25, -0.2) is 14.4 Å². The smallest absolute Gasteiger partial charge is 0.168 e. The highest BCUT2D eigenvalue weighted by Gasteiger charge is 2.10. The highest BCUT2D eigenvalue weighted by atomic mass is 19.1. The summed E-state index contributed by atoms with van der Waals surface area (Å²) >= 11 is 0. The fraction of sp³-hybridized carbons (Fsp3) is 0.286. The third-order valence-electron chi connectivity index (χ3n) is 2.60. The number of rotatable bonds is 4. The molecule has 0 unspecified atom stereocenters. The molecule has 2 N–H and O–H groups in total. The second kappa shape index (κ2) is 5.75. The van der Waals surface area contributed by atoms with Gasteiger partial charge in [-0.05, 0) is 24.3 Å². The van der Waals surface area contributed by atoms with Crippen LogP contribution in [0.1, 0.15) is 31.3 Å². The molecule has 2 aromatic rings. The normalized spacial score (nSPS) is 10.8. The third kappa shape index (κ3) is 3.26. The molecule has 0 bridgehead atoms. The number of hydrogen-bond acceptors (Lipinski definition) is 4. The molecule has 0 radical (unpaired) electrons. The lowest BCUT2D eigenvalue weighted by Gasteiger charge is -2.11. The molecular formula is C14H16FN3O. The molecule has 19 heavy (non-hydrogen) atoms. The molecule has 1 heterocycles. The SMILES string of the molecule is CC(C)c1ncc(Oc2ccc(F)cc2)c(CN)n1. The first-order valence-corrected chi connectivity index (χ1v) is 6.09. The van der Waals surface area contributed by atoms with E-state index in [-0.39, 0.29) is 18.3 Å². The Kier molecular flexibility index (Phi) is 4.06. The van der Waals surface area contributed by atoms with E-state index in [9.17, 15) is 4.39 Å². The van der Waals surface area contributed by atoms with Crippen molar-refractivity contribution in [2.24, 2.45) is 5.73 Å². The lowest BCUT2D eigenvalue weighted by atomic mass is 10.2. The molecule has 2 rings (SSSR count). The topological polar surface area (TPSA) is 61.0 Å². The van der Waals surface area contributed by atoms with E-state index in [0.29, 0.717) is 17.2 Å². The van der Waals surface area contributed by atoms with Gasteiger partial charge in [0.25, 0.3) is 0 Å². The van der Waals surface area contributed by atoms with Gasteiger partial charge < -0.3 is 10.5 Å². The number of nitrogens with two attached hydrogens (primary N) is 1. The summed E-state index contributed by atoms with van der Waals surface area (Å²) in [7, 11) is 0. The maximum absolute atomic E-state index is 12.8. The second-order valence-electron chi connectivity index (χ2n) is 4.45. The van der Waals surface area contributed by atoms with Crippen molar-refractivity contribution in [3.8, 4) is 11.5 Å². The average Bonchev–Trinajstić information content (AvgIpc) is 2.41. The Hall–Kier alpha value is -2.01. The number of halogens is 1. The van der Waals surface area contributed by atoms with E-state index in [1.54, 1.807) is 18.3 Å². The summed E-state index contributed by atoms with van der Waals surface area (Å²) in [4.78, 5) is 8.60. The van der Waals surface area contributed by atoms with Crippen LogP contribution in [-0.2, 0) is 6.54 Å². The molecule has 0 amide bonds. The van der Waals surface area contributed by atoms with Crippen LogP contribution < -0.4 is 10.5 Å². The van der Waals surface area contributed by atoms with Gasteiger partial charge in [-0.15, -0.1) is 0 Å². The van der Waals surface area contributed by atoms with Gasteiger partial charge in [0.1, 0.15) is 23.1 Å². The fourth-order valence-corrected chi connectivity index (χ4v) is 1.56. The van der Waals surface area contributed by atoms with Crippen molar-refractivity contribution in [2.75, 3.05) is 0 Å². The molecule has 0 saturated carbocycles. The Morgan fingerprint density at radius 3 is 2.53 bits per heavy atom. The van der Waals surface area contributed by atoms with Crippen LogP contribution in [0, 0.1) is 5.82 Å². The van der Waals surface area contributed by atoms with Gasteiger partial charge in [0.15, 0.2) is 5.75 Å². The summed E-state index contributed by atoms with van der Waals surface area (Å²) < 4.78 is 18.4. The lowest BCUT2D eigenvalue weighted by Crippen LogP contribution is -2.07. The van der Waals surface area contributed by atoms with E-state index >= 15 is 0 Å². The number of benzene rings is 1. The summed E-state index contributed by atoms with van der Waals surface area (Å²) in [6, 6.07) is 5.76. The Balaban J connectivity index is 2.27. The minimum absolute atomic E-state index is 0.227. The van der Waals surface area contributed by atoms with Gasteiger partial charge in [0, 0.05) is 12.5 Å². The quantitative estimate of drug-likeness (QED) is 0.919. The molecule has 100 valence electrons. The van der Waals surface area contributed by atoms with Crippen LogP contribution in [0.4, 0.5) is 4.39 Å². The van der Waals surface area contributed by atoms with Gasteiger partial charge in [0.05, 0.1) is 6.20 Å². The molecule has 0 aliphatic carbocycles. The van der Waals surface area contributed by atoms with Crippen LogP contribution >= 0.6 is 0 Å². The number of ether oxygens (including phenoxy) is 1. The monoisotopic (exact) mass is 261 g/mol. The first-order chi connectivity index (χ1) is 9.10. The van der Waals surface area contributed by atoms with Gasteiger partial charge in [-0.3, -0.25) is 0 Å². The Bertz CT molecular complexity index is 555. The minimum Gasteiger partial charge on any atom is -0.454 e. The van der Waals surface area contributed by atoms with E-state index in [4.69, 9.17) is 10.5 Å². The van der Waals surface area contributed by atoms with Crippen molar-refractivity contribution in [1.82, 2.24) is 9.97 Å². The van der Waals surface area contributed by atoms with Crippen molar-refractivity contribution < 1.29 is 9.13 Å². The summed E-state index contributed by atoms with van der Waals surface area (Å²) in [6.07, 6.45) is 1.61. The number of hydrogen-bond donors (Lipinski definition) is 1. The molecule has 5 heteroatoms. The molecule has 0 fully saturated rings. The maximum Gasteiger partial charge on any atom is 0.168 e. The minimum atomic E-state index is -0.308. The van der Waals surface area contributed by atoms with Gasteiger partial charge in [0.2, 0.25) is 0 Å². The van der Waals surface area contributed by atoms with E-state index in [1.165, 1.54) is 12.1 Å². The van der Waals surface area contributed by atoms with Crippen molar-refractivity contribution in [2.45, 2.75) is 26.3 Å². The molecule has 0 aliphatic rings. The van der Waals surface area contributed by atoms with Crippen molar-refractivity contribution >= 4 is 0 Å². The zero-order valence-electron chi connectivity index (χ0n) is 10.9. The van der Waals surface area contributed by atoms with Crippen LogP contribution in [-0.4, -0.2) is 9.97 Å². The van der Waals surface area contributed by atoms with Crippen molar-refractivity contribution in [3.63, 3.8) is 0 Å². The van der Waals surface area contributed by atoms with E-state index < -0.39 is 0 Å². The average molecular weight is 261 g/mol. The second-order valence-corrected chi connectivity index (χ2v) is 4.45. The first kappa shape index (κ1) is 13.4. The van der Waals surface area contributed by atoms with Crippen LogP contribution in [0.2, 0.25) is 0 Å². The van der Waals surface area contributed by atoms with E-state index in [0.717, 1.165) is 5.82 Å². The van der Waals surface area contributed by atoms with Crippen LogP contribution in [0.25, 0.3) is 0 Å².